The Kier molecular flexibility index (Phi) is 1.61. The zero-order valence-corrected chi connectivity index (χ0v) is 8.39. The molecule has 0 amide bonds. The quantitative estimate of drug-likeness (QED) is 0.796. The number of fused-ring (bicyclic) bond motifs is 1. The van der Waals surface area contributed by atoms with Crippen LogP contribution in [-0.4, -0.2) is 23.2 Å². The molecule has 2 aliphatic heterocycles. The van der Waals surface area contributed by atoms with Crippen LogP contribution in [0.3, 0.4) is 0 Å². The van der Waals surface area contributed by atoms with Crippen molar-refractivity contribution in [3.05, 3.63) is 30.3 Å². The van der Waals surface area contributed by atoms with E-state index in [0.29, 0.717) is 5.92 Å². The zero-order valence-electron chi connectivity index (χ0n) is 8.39. The molecule has 1 saturated carbocycles. The topological polar surface area (TPSA) is 40.5 Å². The SMILES string of the molecule is O=C(O)C12CC(CN1c1ccccc1)C2. The lowest BCUT2D eigenvalue weighted by atomic mass is 9.73. The molecular weight excluding hydrogens is 190 g/mol. The molecule has 2 heterocycles. The van der Waals surface area contributed by atoms with Gasteiger partial charge in [0.2, 0.25) is 0 Å². The van der Waals surface area contributed by atoms with Crippen molar-refractivity contribution in [1.29, 1.82) is 0 Å². The number of anilines is 1. The summed E-state index contributed by atoms with van der Waals surface area (Å²) in [5.41, 5.74) is 0.450. The summed E-state index contributed by atoms with van der Waals surface area (Å²) in [5, 5.41) is 9.30. The molecule has 0 spiro atoms. The molecule has 0 atom stereocenters. The van der Waals surface area contributed by atoms with Gasteiger partial charge in [0.05, 0.1) is 0 Å². The van der Waals surface area contributed by atoms with Crippen LogP contribution in [0.25, 0.3) is 0 Å². The molecular formula is C12H13NO2. The van der Waals surface area contributed by atoms with Crippen molar-refractivity contribution >= 4 is 11.7 Å². The van der Waals surface area contributed by atoms with E-state index >= 15 is 0 Å². The predicted molar refractivity (Wildman–Crippen MR) is 56.9 cm³/mol. The summed E-state index contributed by atoms with van der Waals surface area (Å²) in [7, 11) is 0. The second-order valence-corrected chi connectivity index (χ2v) is 4.56. The molecule has 1 aliphatic carbocycles. The number of carboxylic acid groups (broad SMARTS) is 1. The van der Waals surface area contributed by atoms with E-state index < -0.39 is 11.5 Å². The van der Waals surface area contributed by atoms with Gasteiger partial charge >= 0.3 is 5.97 Å². The largest absolute Gasteiger partial charge is 0.479 e. The molecule has 3 fully saturated rings. The normalized spacial score (nSPS) is 32.5. The summed E-state index contributed by atoms with van der Waals surface area (Å²) in [4.78, 5) is 13.4. The molecule has 3 heteroatoms. The van der Waals surface area contributed by atoms with Gasteiger partial charge in [0.15, 0.2) is 0 Å². The fraction of sp³-hybridized carbons (Fsp3) is 0.417. The molecule has 3 aliphatic rings. The first-order valence-corrected chi connectivity index (χ1v) is 5.28. The van der Waals surface area contributed by atoms with E-state index in [-0.39, 0.29) is 0 Å². The van der Waals surface area contributed by atoms with E-state index in [9.17, 15) is 9.90 Å². The fourth-order valence-electron chi connectivity index (χ4n) is 2.93. The molecule has 15 heavy (non-hydrogen) atoms. The van der Waals surface area contributed by atoms with Gasteiger partial charge in [0, 0.05) is 12.2 Å². The van der Waals surface area contributed by atoms with E-state index in [4.69, 9.17) is 0 Å². The van der Waals surface area contributed by atoms with Gasteiger partial charge in [-0.15, -0.1) is 0 Å². The lowest BCUT2D eigenvalue weighted by Crippen LogP contribution is -2.52. The summed E-state index contributed by atoms with van der Waals surface area (Å²) in [6, 6.07) is 9.86. The molecule has 3 nitrogen and oxygen atoms in total. The average Bonchev–Trinajstić information content (AvgIpc) is 2.73. The van der Waals surface area contributed by atoms with Gasteiger partial charge in [0.1, 0.15) is 5.54 Å². The highest BCUT2D eigenvalue weighted by atomic mass is 16.4. The van der Waals surface area contributed by atoms with Crippen LogP contribution in [0.2, 0.25) is 0 Å². The summed E-state index contributed by atoms with van der Waals surface area (Å²) >= 11 is 0. The molecule has 0 aromatic heterocycles. The van der Waals surface area contributed by atoms with Crippen molar-refractivity contribution in [2.45, 2.75) is 18.4 Å². The van der Waals surface area contributed by atoms with E-state index in [0.717, 1.165) is 25.1 Å². The number of nitrogens with zero attached hydrogens (tertiary/aromatic N) is 1. The fourth-order valence-corrected chi connectivity index (χ4v) is 2.93. The molecule has 0 unspecified atom stereocenters. The van der Waals surface area contributed by atoms with E-state index in [1.165, 1.54) is 0 Å². The smallest absolute Gasteiger partial charge is 0.329 e. The van der Waals surface area contributed by atoms with Crippen LogP contribution in [0.1, 0.15) is 12.8 Å². The zero-order chi connectivity index (χ0) is 10.5. The highest BCUT2D eigenvalue weighted by molar-refractivity contribution is 5.86. The van der Waals surface area contributed by atoms with Crippen LogP contribution in [0.15, 0.2) is 30.3 Å². The maximum Gasteiger partial charge on any atom is 0.329 e. The number of hydrogen-bond acceptors (Lipinski definition) is 2. The van der Waals surface area contributed by atoms with Gasteiger partial charge in [-0.2, -0.15) is 0 Å². The lowest BCUT2D eigenvalue weighted by Gasteiger charge is -2.38. The average molecular weight is 203 g/mol. The number of para-hydroxylation sites is 1. The summed E-state index contributed by atoms with van der Waals surface area (Å²) in [5.74, 6) is -0.0820. The van der Waals surface area contributed by atoms with Crippen molar-refractivity contribution < 1.29 is 9.90 Å². The van der Waals surface area contributed by atoms with E-state index in [1.807, 2.05) is 30.3 Å². The van der Waals surface area contributed by atoms with Crippen LogP contribution in [0, 0.1) is 5.92 Å². The van der Waals surface area contributed by atoms with Crippen LogP contribution in [-0.2, 0) is 4.79 Å². The Morgan fingerprint density at radius 1 is 1.33 bits per heavy atom. The van der Waals surface area contributed by atoms with Gasteiger partial charge < -0.3 is 10.0 Å². The number of carboxylic acids is 1. The van der Waals surface area contributed by atoms with Crippen molar-refractivity contribution in [2.75, 3.05) is 11.4 Å². The number of aliphatic carboxylic acids is 1. The van der Waals surface area contributed by atoms with Crippen LogP contribution in [0.4, 0.5) is 5.69 Å². The van der Waals surface area contributed by atoms with E-state index in [1.54, 1.807) is 0 Å². The van der Waals surface area contributed by atoms with E-state index in [2.05, 4.69) is 4.90 Å². The maximum absolute atomic E-state index is 11.3. The monoisotopic (exact) mass is 203 g/mol. The minimum absolute atomic E-state index is 0.585. The molecule has 4 rings (SSSR count). The standard InChI is InChI=1S/C12H13NO2/c14-11(15)12-6-9(7-12)8-13(12)10-4-2-1-3-5-10/h1-5,9H,6-8H2,(H,14,15). The molecule has 0 radical (unpaired) electrons. The molecule has 1 N–H and O–H groups in total. The van der Waals surface area contributed by atoms with Gasteiger partial charge in [-0.25, -0.2) is 4.79 Å². The van der Waals surface area contributed by atoms with Gasteiger partial charge in [0.25, 0.3) is 0 Å². The Morgan fingerprint density at radius 3 is 2.60 bits per heavy atom. The Balaban J connectivity index is 1.98. The molecule has 2 saturated heterocycles. The maximum atomic E-state index is 11.3. The van der Waals surface area contributed by atoms with Gasteiger partial charge in [-0.1, -0.05) is 18.2 Å². The Bertz CT molecular complexity index is 395. The van der Waals surface area contributed by atoms with Crippen molar-refractivity contribution in [3.8, 4) is 0 Å². The second kappa shape index (κ2) is 2.75. The lowest BCUT2D eigenvalue weighted by molar-refractivity contribution is -0.145. The Labute approximate surface area is 88.3 Å². The van der Waals surface area contributed by atoms with Gasteiger partial charge in [-0.05, 0) is 30.9 Å². The predicted octanol–water partition coefficient (Wildman–Crippen LogP) is 1.74. The number of carbonyl (C=O) groups is 1. The number of hydrogen-bond donors (Lipinski definition) is 1. The van der Waals surface area contributed by atoms with Crippen molar-refractivity contribution in [1.82, 2.24) is 0 Å². The first-order chi connectivity index (χ1) is 7.22. The number of benzene rings is 1. The van der Waals surface area contributed by atoms with Crippen LogP contribution in [0.5, 0.6) is 0 Å². The number of rotatable bonds is 2. The van der Waals surface area contributed by atoms with Crippen LogP contribution < -0.4 is 4.90 Å². The Hall–Kier alpha value is -1.51. The minimum atomic E-state index is -0.667. The molecule has 2 bridgehead atoms. The second-order valence-electron chi connectivity index (χ2n) is 4.56. The Morgan fingerprint density at radius 2 is 2.00 bits per heavy atom. The first-order valence-electron chi connectivity index (χ1n) is 5.28. The highest BCUT2D eigenvalue weighted by Crippen LogP contribution is 2.52. The molecule has 1 aromatic rings. The van der Waals surface area contributed by atoms with Crippen LogP contribution >= 0.6 is 0 Å². The molecule has 1 aromatic carbocycles. The summed E-state index contributed by atoms with van der Waals surface area (Å²) in [6.07, 6.45) is 1.63. The summed E-state index contributed by atoms with van der Waals surface area (Å²) < 4.78 is 0. The van der Waals surface area contributed by atoms with Crippen molar-refractivity contribution in [2.24, 2.45) is 5.92 Å². The molecule has 78 valence electrons. The first kappa shape index (κ1) is 8.77. The third kappa shape index (κ3) is 1.03. The third-order valence-electron chi connectivity index (χ3n) is 3.68. The summed E-state index contributed by atoms with van der Waals surface area (Å²) in [6.45, 7) is 0.899. The third-order valence-corrected chi connectivity index (χ3v) is 3.68. The highest BCUT2D eigenvalue weighted by Gasteiger charge is 2.61. The minimum Gasteiger partial charge on any atom is -0.479 e. The van der Waals surface area contributed by atoms with Crippen molar-refractivity contribution in [3.63, 3.8) is 0 Å². The van der Waals surface area contributed by atoms with Gasteiger partial charge in [-0.3, -0.25) is 0 Å².